The van der Waals surface area contributed by atoms with Crippen LogP contribution in [0, 0.1) is 5.92 Å². The van der Waals surface area contributed by atoms with E-state index in [0.29, 0.717) is 6.04 Å². The summed E-state index contributed by atoms with van der Waals surface area (Å²) in [5.41, 5.74) is 0.858. The van der Waals surface area contributed by atoms with E-state index in [9.17, 15) is 0 Å². The minimum absolute atomic E-state index is 0.196. The number of hydrogen-bond donors (Lipinski definition) is 1. The van der Waals surface area contributed by atoms with Gasteiger partial charge in [0.05, 0.1) is 12.6 Å². The van der Waals surface area contributed by atoms with E-state index in [4.69, 9.17) is 16.3 Å². The SMILES string of the molecule is C[C](C)CN1[C@@H](CNc2cccc(Cl)c2)COC1(C)C. The summed E-state index contributed by atoms with van der Waals surface area (Å²) in [6.07, 6.45) is 0. The Morgan fingerprint density at radius 3 is 2.85 bits per heavy atom. The Hall–Kier alpha value is -0.770. The first-order valence-electron chi connectivity index (χ1n) is 7.07. The zero-order chi connectivity index (χ0) is 14.8. The van der Waals surface area contributed by atoms with Crippen LogP contribution in [0.5, 0.6) is 0 Å². The Morgan fingerprint density at radius 2 is 2.20 bits per heavy atom. The second kappa shape index (κ2) is 6.33. The highest BCUT2D eigenvalue weighted by Crippen LogP contribution is 2.28. The topological polar surface area (TPSA) is 24.5 Å². The maximum Gasteiger partial charge on any atom is 0.116 e. The first kappa shape index (κ1) is 15.6. The summed E-state index contributed by atoms with van der Waals surface area (Å²) in [5, 5.41) is 4.21. The van der Waals surface area contributed by atoms with Crippen LogP contribution in [0.4, 0.5) is 5.69 Å². The van der Waals surface area contributed by atoms with Crippen LogP contribution in [-0.4, -0.2) is 36.4 Å². The van der Waals surface area contributed by atoms with Gasteiger partial charge in [-0.2, -0.15) is 0 Å². The molecule has 0 aliphatic carbocycles. The summed E-state index contributed by atoms with van der Waals surface area (Å²) in [7, 11) is 0. The average molecular weight is 296 g/mol. The van der Waals surface area contributed by atoms with Crippen LogP contribution in [0.3, 0.4) is 0 Å². The fourth-order valence-electron chi connectivity index (χ4n) is 2.58. The van der Waals surface area contributed by atoms with Gasteiger partial charge < -0.3 is 10.1 Å². The molecule has 1 heterocycles. The Morgan fingerprint density at radius 1 is 1.45 bits per heavy atom. The van der Waals surface area contributed by atoms with Gasteiger partial charge >= 0.3 is 0 Å². The number of nitrogens with one attached hydrogen (secondary N) is 1. The second-order valence-electron chi connectivity index (χ2n) is 6.14. The second-order valence-corrected chi connectivity index (χ2v) is 6.57. The zero-order valence-electron chi connectivity index (χ0n) is 12.7. The first-order chi connectivity index (χ1) is 9.38. The van der Waals surface area contributed by atoms with Crippen LogP contribution in [0.2, 0.25) is 5.02 Å². The van der Waals surface area contributed by atoms with Crippen molar-refractivity contribution in [2.45, 2.75) is 39.5 Å². The monoisotopic (exact) mass is 295 g/mol. The Labute approximate surface area is 127 Å². The number of hydrogen-bond acceptors (Lipinski definition) is 3. The van der Waals surface area contributed by atoms with Gasteiger partial charge in [0.25, 0.3) is 0 Å². The molecule has 3 nitrogen and oxygen atoms in total. The molecule has 1 saturated heterocycles. The molecular weight excluding hydrogens is 272 g/mol. The summed E-state index contributed by atoms with van der Waals surface area (Å²) >= 11 is 6.00. The van der Waals surface area contributed by atoms with E-state index in [-0.39, 0.29) is 5.72 Å². The summed E-state index contributed by atoms with van der Waals surface area (Å²) in [5.74, 6) is 1.40. The summed E-state index contributed by atoms with van der Waals surface area (Å²) in [6.45, 7) is 11.2. The van der Waals surface area contributed by atoms with Gasteiger partial charge in [-0.15, -0.1) is 0 Å². The van der Waals surface area contributed by atoms with Crippen molar-refractivity contribution in [1.29, 1.82) is 0 Å². The van der Waals surface area contributed by atoms with Crippen molar-refractivity contribution in [3.63, 3.8) is 0 Å². The first-order valence-corrected chi connectivity index (χ1v) is 7.45. The fraction of sp³-hybridized carbons (Fsp3) is 0.562. The number of nitrogens with zero attached hydrogens (tertiary/aromatic N) is 1. The van der Waals surface area contributed by atoms with E-state index in [0.717, 1.165) is 30.4 Å². The third-order valence-corrected chi connectivity index (χ3v) is 3.85. The van der Waals surface area contributed by atoms with Crippen molar-refractivity contribution >= 4 is 17.3 Å². The van der Waals surface area contributed by atoms with Crippen LogP contribution < -0.4 is 5.32 Å². The quantitative estimate of drug-likeness (QED) is 0.894. The van der Waals surface area contributed by atoms with Crippen molar-refractivity contribution in [2.75, 3.05) is 25.0 Å². The predicted octanol–water partition coefficient (Wildman–Crippen LogP) is 3.80. The van der Waals surface area contributed by atoms with Crippen LogP contribution >= 0.6 is 11.6 Å². The molecule has 0 amide bonds. The van der Waals surface area contributed by atoms with E-state index in [1.54, 1.807) is 0 Å². The van der Waals surface area contributed by atoms with Gasteiger partial charge in [-0.1, -0.05) is 31.5 Å². The third-order valence-electron chi connectivity index (χ3n) is 3.61. The van der Waals surface area contributed by atoms with Crippen molar-refractivity contribution in [3.8, 4) is 0 Å². The molecule has 1 aliphatic heterocycles. The number of ether oxygens (including phenoxy) is 1. The highest BCUT2D eigenvalue weighted by atomic mass is 35.5. The van der Waals surface area contributed by atoms with Crippen LogP contribution in [0.25, 0.3) is 0 Å². The lowest BCUT2D eigenvalue weighted by molar-refractivity contribution is -0.0508. The lowest BCUT2D eigenvalue weighted by Gasteiger charge is -2.34. The molecule has 0 bridgehead atoms. The maximum absolute atomic E-state index is 6.00. The molecular formula is C16H24ClN2O. The van der Waals surface area contributed by atoms with Crippen LogP contribution in [-0.2, 0) is 4.74 Å². The van der Waals surface area contributed by atoms with Crippen LogP contribution in [0.1, 0.15) is 27.7 Å². The molecule has 1 fully saturated rings. The van der Waals surface area contributed by atoms with Gasteiger partial charge in [0.1, 0.15) is 5.72 Å². The van der Waals surface area contributed by atoms with E-state index in [1.807, 2.05) is 24.3 Å². The molecule has 1 aliphatic rings. The Bertz CT molecular complexity index is 448. The lowest BCUT2D eigenvalue weighted by atomic mass is 10.1. The lowest BCUT2D eigenvalue weighted by Crippen LogP contribution is -2.47. The molecule has 1 aromatic carbocycles. The zero-order valence-corrected chi connectivity index (χ0v) is 13.5. The number of rotatable bonds is 5. The number of benzene rings is 1. The predicted molar refractivity (Wildman–Crippen MR) is 85.1 cm³/mol. The van der Waals surface area contributed by atoms with Gasteiger partial charge in [0, 0.05) is 23.8 Å². The van der Waals surface area contributed by atoms with Gasteiger partial charge in [0.15, 0.2) is 0 Å². The normalized spacial score (nSPS) is 22.4. The molecule has 20 heavy (non-hydrogen) atoms. The van der Waals surface area contributed by atoms with Crippen molar-refractivity contribution in [1.82, 2.24) is 4.90 Å². The molecule has 0 unspecified atom stereocenters. The third kappa shape index (κ3) is 3.87. The minimum Gasteiger partial charge on any atom is -0.383 e. The highest BCUT2D eigenvalue weighted by molar-refractivity contribution is 6.30. The minimum atomic E-state index is -0.196. The molecule has 1 atom stereocenters. The summed E-state index contributed by atoms with van der Waals surface area (Å²) in [6, 6.07) is 8.20. The largest absolute Gasteiger partial charge is 0.383 e. The van der Waals surface area contributed by atoms with E-state index >= 15 is 0 Å². The summed E-state index contributed by atoms with van der Waals surface area (Å²) in [4.78, 5) is 2.42. The van der Waals surface area contributed by atoms with Crippen molar-refractivity contribution in [3.05, 3.63) is 35.2 Å². The molecule has 111 valence electrons. The smallest absolute Gasteiger partial charge is 0.116 e. The molecule has 0 saturated carbocycles. The highest BCUT2D eigenvalue weighted by Gasteiger charge is 2.40. The van der Waals surface area contributed by atoms with E-state index < -0.39 is 0 Å². The van der Waals surface area contributed by atoms with E-state index in [1.165, 1.54) is 5.92 Å². The van der Waals surface area contributed by atoms with Gasteiger partial charge in [-0.25, -0.2) is 0 Å². The molecule has 4 heteroatoms. The number of anilines is 1. The Balaban J connectivity index is 1.97. The standard InChI is InChI=1S/C16H24ClN2O/c1-12(2)10-19-15(11-20-16(19,3)4)9-18-14-7-5-6-13(17)8-14/h5-8,15,18H,9-11H2,1-4H3/t15-/m0/s1. The maximum atomic E-state index is 6.00. The summed E-state index contributed by atoms with van der Waals surface area (Å²) < 4.78 is 5.93. The van der Waals surface area contributed by atoms with Crippen molar-refractivity contribution < 1.29 is 4.74 Å². The van der Waals surface area contributed by atoms with Gasteiger partial charge in [-0.3, -0.25) is 4.90 Å². The number of halogens is 1. The molecule has 0 spiro atoms. The Kier molecular flexibility index (Phi) is 4.95. The molecule has 1 N–H and O–H groups in total. The van der Waals surface area contributed by atoms with E-state index in [2.05, 4.69) is 37.9 Å². The van der Waals surface area contributed by atoms with Crippen molar-refractivity contribution in [2.24, 2.45) is 0 Å². The molecule has 1 aromatic rings. The molecule has 2 rings (SSSR count). The molecule has 1 radical (unpaired) electrons. The fourth-order valence-corrected chi connectivity index (χ4v) is 2.77. The van der Waals surface area contributed by atoms with Gasteiger partial charge in [-0.05, 0) is 38.0 Å². The van der Waals surface area contributed by atoms with Gasteiger partial charge in [0.2, 0.25) is 0 Å². The average Bonchev–Trinajstić information content (AvgIpc) is 2.63. The van der Waals surface area contributed by atoms with Crippen LogP contribution in [0.15, 0.2) is 24.3 Å². The molecule has 0 aromatic heterocycles.